The van der Waals surface area contributed by atoms with Crippen LogP contribution in [-0.4, -0.2) is 60.5 Å². The van der Waals surface area contributed by atoms with E-state index < -0.39 is 6.04 Å². The van der Waals surface area contributed by atoms with Gasteiger partial charge < -0.3 is 9.64 Å². The SMILES string of the molecule is COC(=O)C(c1ccc(Cl)cc1)N1CCN(CCc2ccc([N+](=O)[O-])cc2)CC1. The molecule has 8 heteroatoms. The molecule has 1 aliphatic rings. The Morgan fingerprint density at radius 3 is 2.28 bits per heavy atom. The summed E-state index contributed by atoms with van der Waals surface area (Å²) in [5.74, 6) is -0.272. The molecular formula is C21H24ClN3O4. The lowest BCUT2D eigenvalue weighted by atomic mass is 10.0. The minimum absolute atomic E-state index is 0.110. The highest BCUT2D eigenvalue weighted by Gasteiger charge is 2.31. The first-order chi connectivity index (χ1) is 14.0. The first kappa shape index (κ1) is 21.2. The summed E-state index contributed by atoms with van der Waals surface area (Å²) in [6.45, 7) is 4.06. The summed E-state index contributed by atoms with van der Waals surface area (Å²) >= 11 is 5.97. The number of nitrogens with zero attached hydrogens (tertiary/aromatic N) is 3. The minimum atomic E-state index is -0.436. The second-order valence-corrected chi connectivity index (χ2v) is 7.46. The third-order valence-corrected chi connectivity index (χ3v) is 5.50. The van der Waals surface area contributed by atoms with Gasteiger partial charge in [0.15, 0.2) is 0 Å². The van der Waals surface area contributed by atoms with Crippen LogP contribution < -0.4 is 0 Å². The van der Waals surface area contributed by atoms with E-state index in [1.54, 1.807) is 24.3 Å². The molecular weight excluding hydrogens is 394 g/mol. The van der Waals surface area contributed by atoms with Gasteiger partial charge in [0.25, 0.3) is 5.69 Å². The van der Waals surface area contributed by atoms with Crippen molar-refractivity contribution in [1.29, 1.82) is 0 Å². The predicted octanol–water partition coefficient (Wildman–Crippen LogP) is 3.32. The first-order valence-electron chi connectivity index (χ1n) is 9.51. The molecule has 0 radical (unpaired) electrons. The van der Waals surface area contributed by atoms with Crippen molar-refractivity contribution < 1.29 is 14.5 Å². The van der Waals surface area contributed by atoms with Crippen molar-refractivity contribution in [2.45, 2.75) is 12.5 Å². The molecule has 0 bridgehead atoms. The minimum Gasteiger partial charge on any atom is -0.468 e. The summed E-state index contributed by atoms with van der Waals surface area (Å²) in [5.41, 5.74) is 2.06. The van der Waals surface area contributed by atoms with E-state index in [4.69, 9.17) is 16.3 Å². The largest absolute Gasteiger partial charge is 0.468 e. The number of carbonyl (C=O) groups excluding carboxylic acids is 1. The molecule has 0 spiro atoms. The van der Waals surface area contributed by atoms with Gasteiger partial charge in [-0.1, -0.05) is 35.9 Å². The molecule has 1 aliphatic heterocycles. The van der Waals surface area contributed by atoms with Gasteiger partial charge in [-0.25, -0.2) is 4.79 Å². The van der Waals surface area contributed by atoms with Crippen molar-refractivity contribution in [3.8, 4) is 0 Å². The lowest BCUT2D eigenvalue weighted by Crippen LogP contribution is -2.49. The average Bonchev–Trinajstić information content (AvgIpc) is 2.74. The van der Waals surface area contributed by atoms with Crippen LogP contribution in [0, 0.1) is 10.1 Å². The maximum absolute atomic E-state index is 12.4. The van der Waals surface area contributed by atoms with Crippen LogP contribution in [-0.2, 0) is 16.0 Å². The number of methoxy groups -OCH3 is 1. The Morgan fingerprint density at radius 1 is 1.10 bits per heavy atom. The van der Waals surface area contributed by atoms with Gasteiger partial charge in [0.1, 0.15) is 6.04 Å². The zero-order valence-electron chi connectivity index (χ0n) is 16.3. The van der Waals surface area contributed by atoms with Gasteiger partial charge in [0, 0.05) is 49.9 Å². The van der Waals surface area contributed by atoms with Gasteiger partial charge in [-0.05, 0) is 29.7 Å². The molecule has 0 N–H and O–H groups in total. The van der Waals surface area contributed by atoms with Crippen LogP contribution in [0.25, 0.3) is 0 Å². The maximum atomic E-state index is 12.4. The van der Waals surface area contributed by atoms with E-state index in [2.05, 4.69) is 9.80 Å². The van der Waals surface area contributed by atoms with Gasteiger partial charge in [0.05, 0.1) is 12.0 Å². The summed E-state index contributed by atoms with van der Waals surface area (Å²) in [6.07, 6.45) is 0.829. The average molecular weight is 418 g/mol. The van der Waals surface area contributed by atoms with E-state index in [0.717, 1.165) is 50.3 Å². The Labute approximate surface area is 175 Å². The van der Waals surface area contributed by atoms with Crippen molar-refractivity contribution in [2.24, 2.45) is 0 Å². The van der Waals surface area contributed by atoms with Gasteiger partial charge in [-0.15, -0.1) is 0 Å². The smallest absolute Gasteiger partial charge is 0.327 e. The van der Waals surface area contributed by atoms with Crippen LogP contribution in [0.15, 0.2) is 48.5 Å². The number of esters is 1. The summed E-state index contributed by atoms with van der Waals surface area (Å²) in [7, 11) is 1.41. The molecule has 0 saturated carbocycles. The standard InChI is InChI=1S/C21H24ClN3O4/c1-29-21(26)20(17-4-6-18(22)7-5-17)24-14-12-23(13-15-24)11-10-16-2-8-19(9-3-16)25(27)28/h2-9,20H,10-15H2,1H3. The molecule has 1 saturated heterocycles. The summed E-state index contributed by atoms with van der Waals surface area (Å²) in [5, 5.41) is 11.4. The van der Waals surface area contributed by atoms with Crippen LogP contribution in [0.1, 0.15) is 17.2 Å². The van der Waals surface area contributed by atoms with E-state index in [-0.39, 0.29) is 16.6 Å². The highest BCUT2D eigenvalue weighted by molar-refractivity contribution is 6.30. The molecule has 1 unspecified atom stereocenters. The number of piperazine rings is 1. The fourth-order valence-corrected chi connectivity index (χ4v) is 3.70. The van der Waals surface area contributed by atoms with Crippen molar-refractivity contribution in [3.05, 3.63) is 74.8 Å². The Morgan fingerprint density at radius 2 is 1.72 bits per heavy atom. The Balaban J connectivity index is 1.55. The van der Waals surface area contributed by atoms with Gasteiger partial charge >= 0.3 is 5.97 Å². The Hall–Kier alpha value is -2.48. The number of benzene rings is 2. The molecule has 2 aromatic carbocycles. The predicted molar refractivity (Wildman–Crippen MR) is 111 cm³/mol. The van der Waals surface area contributed by atoms with Crippen molar-refractivity contribution in [2.75, 3.05) is 39.8 Å². The van der Waals surface area contributed by atoms with Crippen LogP contribution in [0.4, 0.5) is 5.69 Å². The fraction of sp³-hybridized carbons (Fsp3) is 0.381. The number of non-ortho nitro benzene ring substituents is 1. The second kappa shape index (κ2) is 9.82. The van der Waals surface area contributed by atoms with E-state index in [1.165, 1.54) is 7.11 Å². The topological polar surface area (TPSA) is 75.9 Å². The van der Waals surface area contributed by atoms with Crippen molar-refractivity contribution in [3.63, 3.8) is 0 Å². The number of hydrogen-bond acceptors (Lipinski definition) is 6. The molecule has 0 aromatic heterocycles. The summed E-state index contributed by atoms with van der Waals surface area (Å²) < 4.78 is 5.03. The number of carbonyl (C=O) groups is 1. The lowest BCUT2D eigenvalue weighted by molar-refractivity contribution is -0.384. The Kier molecular flexibility index (Phi) is 7.19. The molecule has 2 aromatic rings. The van der Waals surface area contributed by atoms with Gasteiger partial charge in [0.2, 0.25) is 0 Å². The highest BCUT2D eigenvalue weighted by atomic mass is 35.5. The zero-order valence-corrected chi connectivity index (χ0v) is 17.0. The second-order valence-electron chi connectivity index (χ2n) is 7.03. The lowest BCUT2D eigenvalue weighted by Gasteiger charge is -2.38. The zero-order chi connectivity index (χ0) is 20.8. The monoisotopic (exact) mass is 417 g/mol. The van der Waals surface area contributed by atoms with Crippen LogP contribution in [0.3, 0.4) is 0 Å². The molecule has 1 atom stereocenters. The van der Waals surface area contributed by atoms with Gasteiger partial charge in [-0.3, -0.25) is 15.0 Å². The van der Waals surface area contributed by atoms with Crippen LogP contribution in [0.5, 0.6) is 0 Å². The quantitative estimate of drug-likeness (QED) is 0.391. The molecule has 3 rings (SSSR count). The summed E-state index contributed by atoms with van der Waals surface area (Å²) in [4.78, 5) is 27.2. The number of nitro groups is 1. The van der Waals surface area contributed by atoms with E-state index in [9.17, 15) is 14.9 Å². The van der Waals surface area contributed by atoms with E-state index in [0.29, 0.717) is 5.02 Å². The normalized spacial score (nSPS) is 16.3. The van der Waals surface area contributed by atoms with E-state index >= 15 is 0 Å². The number of rotatable bonds is 7. The molecule has 1 heterocycles. The third-order valence-electron chi connectivity index (χ3n) is 5.25. The highest BCUT2D eigenvalue weighted by Crippen LogP contribution is 2.25. The summed E-state index contributed by atoms with van der Waals surface area (Å²) in [6, 6.07) is 13.6. The Bertz CT molecular complexity index is 834. The van der Waals surface area contributed by atoms with Crippen LogP contribution in [0.2, 0.25) is 5.02 Å². The number of hydrogen-bond donors (Lipinski definition) is 0. The number of nitro benzene ring substituents is 1. The number of halogens is 1. The third kappa shape index (κ3) is 5.53. The molecule has 0 amide bonds. The first-order valence-corrected chi connectivity index (χ1v) is 9.89. The van der Waals surface area contributed by atoms with Crippen LogP contribution >= 0.6 is 11.6 Å². The molecule has 154 valence electrons. The molecule has 7 nitrogen and oxygen atoms in total. The van der Waals surface area contributed by atoms with Crippen molar-refractivity contribution in [1.82, 2.24) is 9.80 Å². The maximum Gasteiger partial charge on any atom is 0.327 e. The fourth-order valence-electron chi connectivity index (χ4n) is 3.57. The molecule has 0 aliphatic carbocycles. The van der Waals surface area contributed by atoms with Crippen molar-refractivity contribution >= 4 is 23.3 Å². The van der Waals surface area contributed by atoms with E-state index in [1.807, 2.05) is 24.3 Å². The molecule has 1 fully saturated rings. The van der Waals surface area contributed by atoms with Gasteiger partial charge in [-0.2, -0.15) is 0 Å². The number of ether oxygens (including phenoxy) is 1. The molecule has 29 heavy (non-hydrogen) atoms.